The van der Waals surface area contributed by atoms with Crippen LogP contribution in [0.15, 0.2) is 0 Å². The molecule has 0 nitrogen and oxygen atoms in total. The summed E-state index contributed by atoms with van der Waals surface area (Å²) in [6.07, 6.45) is 0. The van der Waals surface area contributed by atoms with Gasteiger partial charge in [0, 0.05) is 129 Å². The normalized spacial score (nSPS) is 0. The molecule has 0 saturated heterocycles. The fourth-order valence-electron chi connectivity index (χ4n) is 0. The van der Waals surface area contributed by atoms with Gasteiger partial charge in [-0.2, -0.15) is 0 Å². The van der Waals surface area contributed by atoms with E-state index in [1.807, 2.05) is 0 Å². The van der Waals surface area contributed by atoms with Gasteiger partial charge >= 0.3 is 0 Å². The summed E-state index contributed by atoms with van der Waals surface area (Å²) < 4.78 is 0. The molecule has 0 aromatic rings. The first-order chi connectivity index (χ1) is 0. The molecule has 13 valence electrons. The second-order valence-electron chi connectivity index (χ2n) is 0. The van der Waals surface area contributed by atoms with Crippen molar-refractivity contribution in [3.8, 4) is 0 Å². The van der Waals surface area contributed by atoms with E-state index in [1.165, 1.54) is 0 Å². The molecule has 0 aliphatic rings. The van der Waals surface area contributed by atoms with Crippen LogP contribution < -0.4 is 0 Å². The number of rotatable bonds is 0. The predicted octanol–water partition coefficient (Wildman–Crippen LogP) is -1.14. The van der Waals surface area contributed by atoms with E-state index in [0.717, 1.165) is 0 Å². The van der Waals surface area contributed by atoms with Crippen molar-refractivity contribution in [2.75, 3.05) is 0 Å². The first kappa shape index (κ1) is 24.1. The van der Waals surface area contributed by atoms with Gasteiger partial charge < -0.3 is 0 Å². The van der Waals surface area contributed by atoms with Crippen LogP contribution in [-0.4, -0.2) is 112 Å². The molecular formula is CaFeKMg. The SMILES string of the molecule is [Ca].[Fe].[K].[Mg]. The molecule has 0 aliphatic carbocycles. The summed E-state index contributed by atoms with van der Waals surface area (Å²) in [6, 6.07) is 0. The van der Waals surface area contributed by atoms with Crippen molar-refractivity contribution in [1.82, 2.24) is 0 Å². The smallest absolute Gasteiger partial charge is 0 e. The summed E-state index contributed by atoms with van der Waals surface area (Å²) in [5, 5.41) is 0. The first-order valence-electron chi connectivity index (χ1n) is 0. The van der Waals surface area contributed by atoms with Crippen LogP contribution in [0.4, 0.5) is 0 Å². The molecule has 0 N–H and O–H groups in total. The Kier molecular flexibility index (Phi) is 94.7. The second-order valence-corrected chi connectivity index (χ2v) is 0. The van der Waals surface area contributed by atoms with E-state index in [4.69, 9.17) is 0 Å². The third-order valence-electron chi connectivity index (χ3n) is 0. The molecule has 0 rings (SSSR count). The molecule has 0 aliphatic heterocycles. The summed E-state index contributed by atoms with van der Waals surface area (Å²) in [7, 11) is 0. The summed E-state index contributed by atoms with van der Waals surface area (Å²) in [4.78, 5) is 0. The van der Waals surface area contributed by atoms with Crippen molar-refractivity contribution in [2.24, 2.45) is 0 Å². The minimum absolute atomic E-state index is 0. The van der Waals surface area contributed by atoms with Gasteiger partial charge in [-0.3, -0.25) is 0 Å². The Balaban J connectivity index is 0. The molecule has 0 aromatic heterocycles. The van der Waals surface area contributed by atoms with Crippen LogP contribution in [0, 0.1) is 0 Å². The molecule has 5 radical (unpaired) electrons. The summed E-state index contributed by atoms with van der Waals surface area (Å²) in [5.74, 6) is 0. The zero-order valence-electron chi connectivity index (χ0n) is 2.77. The molecule has 0 saturated carbocycles. The largest absolute Gasteiger partial charge is 0 e. The van der Waals surface area contributed by atoms with Crippen LogP contribution in [0.25, 0.3) is 0 Å². The molecule has 0 unspecified atom stereocenters. The average molecular weight is 159 g/mol. The minimum Gasteiger partial charge on any atom is 0 e. The Bertz CT molecular complexity index is 8.00. The number of hydrogen-bond acceptors (Lipinski definition) is 0. The Labute approximate surface area is 125 Å². The Morgan fingerprint density at radius 1 is 1.00 bits per heavy atom. The summed E-state index contributed by atoms with van der Waals surface area (Å²) in [5.41, 5.74) is 0. The van der Waals surface area contributed by atoms with Crippen LogP contribution in [0.1, 0.15) is 0 Å². The van der Waals surface area contributed by atoms with Crippen molar-refractivity contribution >= 4 is 112 Å². The quantitative estimate of drug-likeness (QED) is 0.392. The molecule has 0 atom stereocenters. The van der Waals surface area contributed by atoms with Gasteiger partial charge in [0.05, 0.1) is 0 Å². The molecular weight excluding hydrogens is 159 g/mol. The van der Waals surface area contributed by atoms with Gasteiger partial charge in [0.2, 0.25) is 0 Å². The molecule has 0 amide bonds. The van der Waals surface area contributed by atoms with E-state index < -0.39 is 0 Å². The van der Waals surface area contributed by atoms with E-state index in [0.29, 0.717) is 0 Å². The van der Waals surface area contributed by atoms with E-state index in [-0.39, 0.29) is 129 Å². The summed E-state index contributed by atoms with van der Waals surface area (Å²) in [6.45, 7) is 0. The van der Waals surface area contributed by atoms with Crippen molar-refractivity contribution < 1.29 is 17.1 Å². The fraction of sp³-hybridized carbons (Fsp3) is 0. The predicted molar refractivity (Wildman–Crippen MR) is 17.3 cm³/mol. The van der Waals surface area contributed by atoms with Crippen LogP contribution in [-0.2, 0) is 17.1 Å². The molecule has 0 bridgehead atoms. The van der Waals surface area contributed by atoms with Gasteiger partial charge in [0.1, 0.15) is 0 Å². The molecule has 0 fully saturated rings. The Morgan fingerprint density at radius 2 is 1.00 bits per heavy atom. The minimum atomic E-state index is 0. The monoisotopic (exact) mass is 159 g/mol. The fourth-order valence-corrected chi connectivity index (χ4v) is 0. The van der Waals surface area contributed by atoms with Crippen LogP contribution in [0.3, 0.4) is 0 Å². The van der Waals surface area contributed by atoms with Gasteiger partial charge in [-0.15, -0.1) is 0 Å². The first-order valence-corrected chi connectivity index (χ1v) is 0. The maximum absolute atomic E-state index is 0. The van der Waals surface area contributed by atoms with Crippen molar-refractivity contribution in [3.63, 3.8) is 0 Å². The van der Waals surface area contributed by atoms with Crippen LogP contribution >= 0.6 is 0 Å². The topological polar surface area (TPSA) is 0 Å². The number of hydrogen-bond donors (Lipinski definition) is 0. The van der Waals surface area contributed by atoms with E-state index in [1.54, 1.807) is 0 Å². The third-order valence-corrected chi connectivity index (χ3v) is 0. The van der Waals surface area contributed by atoms with E-state index in [2.05, 4.69) is 0 Å². The zero-order chi connectivity index (χ0) is 0. The van der Waals surface area contributed by atoms with Gasteiger partial charge in [-0.25, -0.2) is 0 Å². The molecule has 0 aromatic carbocycles. The van der Waals surface area contributed by atoms with Crippen molar-refractivity contribution in [3.05, 3.63) is 0 Å². The molecule has 0 spiro atoms. The molecule has 4 heavy (non-hydrogen) atoms. The van der Waals surface area contributed by atoms with Gasteiger partial charge in [0.25, 0.3) is 0 Å². The maximum atomic E-state index is 0. The van der Waals surface area contributed by atoms with Crippen LogP contribution in [0.5, 0.6) is 0 Å². The standard InChI is InChI=1S/Ca.Fe.K.Mg. The van der Waals surface area contributed by atoms with Crippen molar-refractivity contribution in [1.29, 1.82) is 0 Å². The average Bonchev–Trinajstić information content (AvgIpc) is 0. The van der Waals surface area contributed by atoms with E-state index in [9.17, 15) is 0 Å². The van der Waals surface area contributed by atoms with Crippen molar-refractivity contribution in [2.45, 2.75) is 0 Å². The van der Waals surface area contributed by atoms with Gasteiger partial charge in [-0.1, -0.05) is 0 Å². The van der Waals surface area contributed by atoms with Gasteiger partial charge in [0.15, 0.2) is 0 Å². The zero-order valence-corrected chi connectivity index (χ0v) is 10.6. The summed E-state index contributed by atoms with van der Waals surface area (Å²) >= 11 is 0. The Morgan fingerprint density at radius 3 is 1.00 bits per heavy atom. The maximum Gasteiger partial charge on any atom is 0 e. The van der Waals surface area contributed by atoms with E-state index >= 15 is 0 Å². The molecule has 0 heterocycles. The second kappa shape index (κ2) is 15.7. The van der Waals surface area contributed by atoms with Crippen LogP contribution in [0.2, 0.25) is 0 Å². The molecule has 4 heteroatoms. The van der Waals surface area contributed by atoms with Gasteiger partial charge in [-0.05, 0) is 0 Å². The third kappa shape index (κ3) is 9.49. The Hall–Kier alpha value is 4.18.